The smallest absolute Gasteiger partial charge is 0.186 e. The van der Waals surface area contributed by atoms with Crippen LogP contribution < -0.4 is 11.1 Å². The van der Waals surface area contributed by atoms with E-state index < -0.39 is 0 Å². The molecule has 4 nitrogen and oxygen atoms in total. The molecule has 0 radical (unpaired) electrons. The van der Waals surface area contributed by atoms with Gasteiger partial charge in [0.05, 0.1) is 5.69 Å². The molecule has 1 fully saturated rings. The molecule has 17 heavy (non-hydrogen) atoms. The highest BCUT2D eigenvalue weighted by molar-refractivity contribution is 5.38. The largest absolute Gasteiger partial charge is 0.363 e. The first kappa shape index (κ1) is 12.2. The molecule has 1 saturated carbocycles. The van der Waals surface area contributed by atoms with Crippen LogP contribution >= 0.6 is 0 Å². The topological polar surface area (TPSA) is 63.8 Å². The van der Waals surface area contributed by atoms with E-state index in [4.69, 9.17) is 5.73 Å². The first-order chi connectivity index (χ1) is 8.22. The Kier molecular flexibility index (Phi) is 3.89. The zero-order valence-electron chi connectivity index (χ0n) is 10.1. The predicted molar refractivity (Wildman–Crippen MR) is 65.2 cm³/mol. The number of rotatable bonds is 4. The lowest BCUT2D eigenvalue weighted by molar-refractivity contribution is 0.458. The molecular formula is C12H19FN4. The van der Waals surface area contributed by atoms with Crippen LogP contribution in [0.25, 0.3) is 0 Å². The Labute approximate surface area is 101 Å². The first-order valence-electron chi connectivity index (χ1n) is 6.16. The van der Waals surface area contributed by atoms with Crippen LogP contribution in [0.4, 0.5) is 10.2 Å². The number of nitrogens with zero attached hydrogens (tertiary/aromatic N) is 2. The molecule has 0 spiro atoms. The van der Waals surface area contributed by atoms with Gasteiger partial charge in [-0.05, 0) is 25.7 Å². The monoisotopic (exact) mass is 238 g/mol. The molecule has 0 amide bonds. The highest BCUT2D eigenvalue weighted by Crippen LogP contribution is 2.29. The fourth-order valence-corrected chi connectivity index (χ4v) is 2.46. The summed E-state index contributed by atoms with van der Waals surface area (Å²) in [5, 5.41) is 3.13. The molecule has 1 heterocycles. The maximum absolute atomic E-state index is 13.8. The number of halogens is 1. The van der Waals surface area contributed by atoms with E-state index in [0.717, 1.165) is 0 Å². The van der Waals surface area contributed by atoms with E-state index in [2.05, 4.69) is 15.3 Å². The molecule has 5 heteroatoms. The van der Waals surface area contributed by atoms with Gasteiger partial charge in [0.25, 0.3) is 0 Å². The fourth-order valence-electron chi connectivity index (χ4n) is 2.46. The number of anilines is 1. The normalized spacial score (nSPS) is 18.3. The van der Waals surface area contributed by atoms with Crippen molar-refractivity contribution in [2.75, 3.05) is 11.9 Å². The van der Waals surface area contributed by atoms with Crippen molar-refractivity contribution in [3.63, 3.8) is 0 Å². The second kappa shape index (κ2) is 5.40. The molecule has 3 N–H and O–H groups in total. The molecule has 0 aromatic carbocycles. The lowest BCUT2D eigenvalue weighted by atomic mass is 9.98. The number of hydrogen-bond acceptors (Lipinski definition) is 4. The third kappa shape index (κ3) is 2.72. The summed E-state index contributed by atoms with van der Waals surface area (Å²) in [6.45, 7) is 2.14. The van der Waals surface area contributed by atoms with Crippen LogP contribution in [-0.4, -0.2) is 22.6 Å². The Hall–Kier alpha value is -1.23. The standard InChI is InChI=1S/C12H19FN4/c1-8-11(13)12(16-7-15-8)17-10(6-14)9-4-2-3-5-9/h7,9-10H,2-6,14H2,1H3,(H,15,16,17). The highest BCUT2D eigenvalue weighted by atomic mass is 19.1. The summed E-state index contributed by atoms with van der Waals surface area (Å²) in [5.74, 6) is 0.443. The molecule has 0 aliphatic heterocycles. The molecule has 0 saturated heterocycles. The Morgan fingerprint density at radius 2 is 2.18 bits per heavy atom. The average molecular weight is 238 g/mol. The predicted octanol–water partition coefficient (Wildman–Crippen LogP) is 1.85. The van der Waals surface area contributed by atoms with Crippen molar-refractivity contribution in [1.82, 2.24) is 9.97 Å². The molecule has 94 valence electrons. The van der Waals surface area contributed by atoms with Gasteiger partial charge in [0.15, 0.2) is 11.6 Å². The van der Waals surface area contributed by atoms with E-state index in [-0.39, 0.29) is 17.7 Å². The van der Waals surface area contributed by atoms with Crippen LogP contribution in [0, 0.1) is 18.7 Å². The summed E-state index contributed by atoms with van der Waals surface area (Å²) in [6, 6.07) is 0.112. The average Bonchev–Trinajstić information content (AvgIpc) is 2.85. The van der Waals surface area contributed by atoms with E-state index in [1.807, 2.05) is 0 Å². The number of aryl methyl sites for hydroxylation is 1. The van der Waals surface area contributed by atoms with Crippen LogP contribution in [0.15, 0.2) is 6.33 Å². The van der Waals surface area contributed by atoms with Crippen LogP contribution in [0.2, 0.25) is 0 Å². The summed E-state index contributed by atoms with van der Waals surface area (Å²) in [7, 11) is 0. The summed E-state index contributed by atoms with van der Waals surface area (Å²) in [6.07, 6.45) is 6.20. The van der Waals surface area contributed by atoms with Gasteiger partial charge in [-0.15, -0.1) is 0 Å². The van der Waals surface area contributed by atoms with Crippen LogP contribution in [0.3, 0.4) is 0 Å². The fraction of sp³-hybridized carbons (Fsp3) is 0.667. The molecule has 1 atom stereocenters. The minimum Gasteiger partial charge on any atom is -0.363 e. The number of aromatic nitrogens is 2. The maximum Gasteiger partial charge on any atom is 0.186 e. The van der Waals surface area contributed by atoms with E-state index in [1.165, 1.54) is 32.0 Å². The third-order valence-electron chi connectivity index (χ3n) is 3.51. The Morgan fingerprint density at radius 1 is 1.47 bits per heavy atom. The van der Waals surface area contributed by atoms with E-state index in [1.54, 1.807) is 6.92 Å². The van der Waals surface area contributed by atoms with Crippen molar-refractivity contribution in [1.29, 1.82) is 0 Å². The lowest BCUT2D eigenvalue weighted by Crippen LogP contribution is -2.35. The molecule has 1 aliphatic rings. The molecule has 1 aromatic heterocycles. The van der Waals surface area contributed by atoms with Gasteiger partial charge in [-0.1, -0.05) is 12.8 Å². The summed E-state index contributed by atoms with van der Waals surface area (Å²) in [5.41, 5.74) is 6.13. The quantitative estimate of drug-likeness (QED) is 0.840. The van der Waals surface area contributed by atoms with Gasteiger partial charge in [-0.3, -0.25) is 0 Å². The van der Waals surface area contributed by atoms with Crippen molar-refractivity contribution in [2.45, 2.75) is 38.6 Å². The Bertz CT molecular complexity index is 377. The van der Waals surface area contributed by atoms with E-state index in [0.29, 0.717) is 18.2 Å². The van der Waals surface area contributed by atoms with E-state index in [9.17, 15) is 4.39 Å². The van der Waals surface area contributed by atoms with Crippen molar-refractivity contribution in [2.24, 2.45) is 11.7 Å². The van der Waals surface area contributed by atoms with Gasteiger partial charge in [0.2, 0.25) is 0 Å². The maximum atomic E-state index is 13.8. The molecule has 2 rings (SSSR count). The van der Waals surface area contributed by atoms with Gasteiger partial charge in [0.1, 0.15) is 6.33 Å². The summed E-state index contributed by atoms with van der Waals surface area (Å²) < 4.78 is 13.8. The van der Waals surface area contributed by atoms with Crippen molar-refractivity contribution in [3.8, 4) is 0 Å². The first-order valence-corrected chi connectivity index (χ1v) is 6.16. The van der Waals surface area contributed by atoms with Gasteiger partial charge < -0.3 is 11.1 Å². The van der Waals surface area contributed by atoms with Crippen LogP contribution in [0.1, 0.15) is 31.4 Å². The summed E-state index contributed by atoms with van der Waals surface area (Å²) in [4.78, 5) is 7.76. The molecule has 1 aliphatic carbocycles. The minimum atomic E-state index is -0.371. The van der Waals surface area contributed by atoms with E-state index >= 15 is 0 Å². The molecular weight excluding hydrogens is 219 g/mol. The third-order valence-corrected chi connectivity index (χ3v) is 3.51. The molecule has 1 aromatic rings. The lowest BCUT2D eigenvalue weighted by Gasteiger charge is -2.23. The summed E-state index contributed by atoms with van der Waals surface area (Å²) >= 11 is 0. The number of nitrogens with two attached hydrogens (primary N) is 1. The Morgan fingerprint density at radius 3 is 2.82 bits per heavy atom. The number of hydrogen-bond donors (Lipinski definition) is 2. The van der Waals surface area contributed by atoms with Crippen LogP contribution in [0.5, 0.6) is 0 Å². The number of nitrogens with one attached hydrogen (secondary N) is 1. The van der Waals surface area contributed by atoms with Crippen molar-refractivity contribution in [3.05, 3.63) is 17.8 Å². The zero-order chi connectivity index (χ0) is 12.3. The highest BCUT2D eigenvalue weighted by Gasteiger charge is 2.25. The van der Waals surface area contributed by atoms with Crippen molar-refractivity contribution < 1.29 is 4.39 Å². The Balaban J connectivity index is 2.09. The zero-order valence-corrected chi connectivity index (χ0v) is 10.1. The van der Waals surface area contributed by atoms with Gasteiger partial charge in [-0.25, -0.2) is 14.4 Å². The van der Waals surface area contributed by atoms with Gasteiger partial charge in [0, 0.05) is 12.6 Å². The molecule has 0 bridgehead atoms. The SMILES string of the molecule is Cc1ncnc(NC(CN)C2CCCC2)c1F. The van der Waals surface area contributed by atoms with Gasteiger partial charge >= 0.3 is 0 Å². The second-order valence-electron chi connectivity index (χ2n) is 4.65. The second-order valence-corrected chi connectivity index (χ2v) is 4.65. The van der Waals surface area contributed by atoms with Gasteiger partial charge in [-0.2, -0.15) is 0 Å². The molecule has 1 unspecified atom stereocenters. The minimum absolute atomic E-state index is 0.112. The van der Waals surface area contributed by atoms with Crippen LogP contribution in [-0.2, 0) is 0 Å². The van der Waals surface area contributed by atoms with Crippen molar-refractivity contribution >= 4 is 5.82 Å².